The van der Waals surface area contributed by atoms with Crippen molar-refractivity contribution in [2.75, 3.05) is 19.7 Å². The van der Waals surface area contributed by atoms with Crippen LogP contribution in [-0.4, -0.2) is 40.6 Å². The summed E-state index contributed by atoms with van der Waals surface area (Å²) < 4.78 is 10.6. The molecule has 1 aliphatic heterocycles. The third-order valence-electron chi connectivity index (χ3n) is 3.52. The quantitative estimate of drug-likeness (QED) is 0.866. The number of rotatable bonds is 3. The van der Waals surface area contributed by atoms with E-state index in [0.29, 0.717) is 42.9 Å². The van der Waals surface area contributed by atoms with Gasteiger partial charge in [0.2, 0.25) is 17.6 Å². The number of ether oxygens (including phenoxy) is 1. The number of amides is 1. The van der Waals surface area contributed by atoms with Gasteiger partial charge in [0.15, 0.2) is 0 Å². The van der Waals surface area contributed by atoms with Crippen molar-refractivity contribution in [3.63, 3.8) is 0 Å². The molecule has 0 spiro atoms. The summed E-state index contributed by atoms with van der Waals surface area (Å²) in [5, 5.41) is 4.53. The summed E-state index contributed by atoms with van der Waals surface area (Å²) in [7, 11) is 0. The van der Waals surface area contributed by atoms with Crippen molar-refractivity contribution in [1.29, 1.82) is 0 Å². The number of nitrogens with zero attached hydrogens (tertiary/aromatic N) is 3. The van der Waals surface area contributed by atoms with Crippen LogP contribution < -0.4 is 0 Å². The molecule has 6 nitrogen and oxygen atoms in total. The molecule has 2 aromatic rings. The Labute approximate surface area is 133 Å². The summed E-state index contributed by atoms with van der Waals surface area (Å²) in [6, 6.07) is 7.30. The lowest BCUT2D eigenvalue weighted by Gasteiger charge is -2.31. The Hall–Kier alpha value is -1.92. The molecule has 0 N–H and O–H groups in total. The fourth-order valence-electron chi connectivity index (χ4n) is 2.37. The normalized spacial score (nSPS) is 18.5. The molecule has 2 heterocycles. The molecule has 1 amide bonds. The highest BCUT2D eigenvalue weighted by molar-refractivity contribution is 6.30. The van der Waals surface area contributed by atoms with E-state index in [9.17, 15) is 4.79 Å². The van der Waals surface area contributed by atoms with E-state index in [1.54, 1.807) is 24.0 Å². The maximum absolute atomic E-state index is 12.4. The number of aromatic nitrogens is 2. The molecule has 0 radical (unpaired) electrons. The molecule has 116 valence electrons. The van der Waals surface area contributed by atoms with E-state index in [-0.39, 0.29) is 12.0 Å². The number of carbonyl (C=O) groups is 1. The zero-order valence-electron chi connectivity index (χ0n) is 12.2. The van der Waals surface area contributed by atoms with Crippen molar-refractivity contribution in [2.45, 2.75) is 19.4 Å². The van der Waals surface area contributed by atoms with E-state index in [4.69, 9.17) is 20.9 Å². The highest BCUT2D eigenvalue weighted by Crippen LogP contribution is 2.20. The number of hydrogen-bond acceptors (Lipinski definition) is 5. The molecule has 0 aliphatic carbocycles. The first-order chi connectivity index (χ1) is 10.6. The average Bonchev–Trinajstić information content (AvgIpc) is 2.96. The van der Waals surface area contributed by atoms with Gasteiger partial charge < -0.3 is 14.2 Å². The van der Waals surface area contributed by atoms with Gasteiger partial charge in [0.25, 0.3) is 0 Å². The zero-order valence-corrected chi connectivity index (χ0v) is 12.9. The van der Waals surface area contributed by atoms with Gasteiger partial charge in [-0.1, -0.05) is 28.9 Å². The van der Waals surface area contributed by atoms with E-state index >= 15 is 0 Å². The highest BCUT2D eigenvalue weighted by atomic mass is 35.5. The Bertz CT molecular complexity index is 656. The van der Waals surface area contributed by atoms with Crippen molar-refractivity contribution in [2.24, 2.45) is 0 Å². The second-order valence-corrected chi connectivity index (χ2v) is 5.61. The Morgan fingerprint density at radius 3 is 2.86 bits per heavy atom. The van der Waals surface area contributed by atoms with Crippen molar-refractivity contribution < 1.29 is 14.1 Å². The van der Waals surface area contributed by atoms with Crippen LogP contribution in [-0.2, 0) is 16.0 Å². The van der Waals surface area contributed by atoms with Crippen molar-refractivity contribution in [1.82, 2.24) is 15.0 Å². The maximum atomic E-state index is 12.4. The van der Waals surface area contributed by atoms with Crippen LogP contribution in [0.15, 0.2) is 28.8 Å². The van der Waals surface area contributed by atoms with Gasteiger partial charge >= 0.3 is 0 Å². The molecule has 1 fully saturated rings. The lowest BCUT2D eigenvalue weighted by Crippen LogP contribution is -2.43. The van der Waals surface area contributed by atoms with Crippen LogP contribution in [0.25, 0.3) is 0 Å². The van der Waals surface area contributed by atoms with E-state index in [1.165, 1.54) is 0 Å². The first kappa shape index (κ1) is 15.0. The van der Waals surface area contributed by atoms with Crippen LogP contribution in [0, 0.1) is 6.92 Å². The minimum atomic E-state index is -0.333. The molecule has 0 unspecified atom stereocenters. The van der Waals surface area contributed by atoms with E-state index < -0.39 is 0 Å². The first-order valence-electron chi connectivity index (χ1n) is 7.06. The third-order valence-corrected chi connectivity index (χ3v) is 3.77. The molecule has 0 bridgehead atoms. The van der Waals surface area contributed by atoms with Crippen LogP contribution in [0.3, 0.4) is 0 Å². The van der Waals surface area contributed by atoms with Gasteiger partial charge in [0.05, 0.1) is 19.6 Å². The number of halogens is 1. The maximum Gasteiger partial charge on any atom is 0.227 e. The molecule has 1 aromatic carbocycles. The molecule has 1 aliphatic rings. The van der Waals surface area contributed by atoms with Crippen LogP contribution in [0.4, 0.5) is 0 Å². The van der Waals surface area contributed by atoms with Gasteiger partial charge in [0.1, 0.15) is 6.10 Å². The second kappa shape index (κ2) is 6.46. The number of aryl methyl sites for hydroxylation is 1. The van der Waals surface area contributed by atoms with Crippen LogP contribution in [0.1, 0.15) is 23.4 Å². The third kappa shape index (κ3) is 3.45. The van der Waals surface area contributed by atoms with Crippen LogP contribution in [0.5, 0.6) is 0 Å². The minimum Gasteiger partial charge on any atom is -0.366 e. The van der Waals surface area contributed by atoms with E-state index in [0.717, 1.165) is 5.56 Å². The average molecular weight is 322 g/mol. The molecule has 1 aromatic heterocycles. The molecule has 0 saturated carbocycles. The Kier molecular flexibility index (Phi) is 4.40. The Morgan fingerprint density at radius 1 is 1.41 bits per heavy atom. The number of morpholine rings is 1. The molecular formula is C15H16ClN3O3. The summed E-state index contributed by atoms with van der Waals surface area (Å²) in [4.78, 5) is 18.3. The Morgan fingerprint density at radius 2 is 2.18 bits per heavy atom. The van der Waals surface area contributed by atoms with Gasteiger partial charge in [-0.2, -0.15) is 4.98 Å². The molecular weight excluding hydrogens is 306 g/mol. The van der Waals surface area contributed by atoms with Gasteiger partial charge in [-0.15, -0.1) is 0 Å². The molecule has 3 rings (SSSR count). The molecule has 22 heavy (non-hydrogen) atoms. The van der Waals surface area contributed by atoms with E-state index in [1.807, 2.05) is 12.1 Å². The predicted octanol–water partition coefficient (Wildman–Crippen LogP) is 2.17. The fourth-order valence-corrected chi connectivity index (χ4v) is 2.49. The smallest absolute Gasteiger partial charge is 0.227 e. The van der Waals surface area contributed by atoms with Gasteiger partial charge in [-0.3, -0.25) is 4.79 Å². The zero-order chi connectivity index (χ0) is 15.5. The first-order valence-corrected chi connectivity index (χ1v) is 7.43. The fraction of sp³-hybridized carbons (Fsp3) is 0.400. The van der Waals surface area contributed by atoms with Gasteiger partial charge in [-0.05, 0) is 17.7 Å². The minimum absolute atomic E-state index is 0.0517. The largest absolute Gasteiger partial charge is 0.366 e. The van der Waals surface area contributed by atoms with Gasteiger partial charge in [-0.25, -0.2) is 0 Å². The lowest BCUT2D eigenvalue weighted by molar-refractivity contribution is -0.138. The molecule has 1 saturated heterocycles. The summed E-state index contributed by atoms with van der Waals surface area (Å²) >= 11 is 5.85. The number of hydrogen-bond donors (Lipinski definition) is 0. The SMILES string of the molecule is Cc1nc([C@@H]2CN(C(=O)Cc3ccc(Cl)cc3)CCO2)no1. The second-order valence-electron chi connectivity index (χ2n) is 5.17. The Balaban J connectivity index is 1.63. The topological polar surface area (TPSA) is 68.5 Å². The van der Waals surface area contributed by atoms with Crippen LogP contribution >= 0.6 is 11.6 Å². The van der Waals surface area contributed by atoms with Gasteiger partial charge in [0, 0.05) is 18.5 Å². The summed E-state index contributed by atoms with van der Waals surface area (Å²) in [5.74, 6) is 1.03. The predicted molar refractivity (Wildman–Crippen MR) is 79.5 cm³/mol. The number of benzene rings is 1. The van der Waals surface area contributed by atoms with Crippen molar-refractivity contribution in [3.05, 3.63) is 46.6 Å². The summed E-state index contributed by atoms with van der Waals surface area (Å²) in [5.41, 5.74) is 0.938. The van der Waals surface area contributed by atoms with E-state index in [2.05, 4.69) is 10.1 Å². The molecule has 7 heteroatoms. The lowest BCUT2D eigenvalue weighted by atomic mass is 10.1. The summed E-state index contributed by atoms with van der Waals surface area (Å²) in [6.45, 7) is 3.19. The monoisotopic (exact) mass is 321 g/mol. The van der Waals surface area contributed by atoms with Crippen molar-refractivity contribution in [3.8, 4) is 0 Å². The number of carbonyl (C=O) groups excluding carboxylic acids is 1. The molecule has 1 atom stereocenters. The summed E-state index contributed by atoms with van der Waals surface area (Å²) in [6.07, 6.45) is 0.00943. The standard InChI is InChI=1S/C15H16ClN3O3/c1-10-17-15(18-22-10)13-9-19(6-7-21-13)14(20)8-11-2-4-12(16)5-3-11/h2-5,13H,6-9H2,1H3/t13-/m0/s1. The highest BCUT2D eigenvalue weighted by Gasteiger charge is 2.28. The van der Waals surface area contributed by atoms with Crippen LogP contribution in [0.2, 0.25) is 5.02 Å². The van der Waals surface area contributed by atoms with Crippen molar-refractivity contribution >= 4 is 17.5 Å².